The van der Waals surface area contributed by atoms with Crippen molar-refractivity contribution in [2.45, 2.75) is 13.2 Å². The second-order valence-electron chi connectivity index (χ2n) is 1.84. The Morgan fingerprint density at radius 1 is 1.55 bits per heavy atom. The van der Waals surface area contributed by atoms with Gasteiger partial charge in [0.1, 0.15) is 6.23 Å². The van der Waals surface area contributed by atoms with E-state index in [9.17, 15) is 9.59 Å². The van der Waals surface area contributed by atoms with Crippen molar-refractivity contribution in [3.63, 3.8) is 0 Å². The first-order valence-corrected chi connectivity index (χ1v) is 2.88. The molecule has 1 unspecified atom stereocenters. The Morgan fingerprint density at radius 2 is 2.09 bits per heavy atom. The lowest BCUT2D eigenvalue weighted by Crippen LogP contribution is -2.30. The van der Waals surface area contributed by atoms with Gasteiger partial charge >= 0.3 is 5.97 Å². The van der Waals surface area contributed by atoms with Gasteiger partial charge in [0.2, 0.25) is 5.91 Å². The third-order valence-electron chi connectivity index (χ3n) is 0.772. The van der Waals surface area contributed by atoms with Gasteiger partial charge in [-0.3, -0.25) is 4.79 Å². The molecule has 3 N–H and O–H groups in total. The van der Waals surface area contributed by atoms with Crippen molar-refractivity contribution in [3.05, 3.63) is 12.2 Å². The van der Waals surface area contributed by atoms with Crippen LogP contribution in [0.3, 0.4) is 0 Å². The second-order valence-corrected chi connectivity index (χ2v) is 1.84. The molecule has 1 amide bonds. The molecule has 0 aliphatic carbocycles. The van der Waals surface area contributed by atoms with E-state index in [2.05, 4.69) is 5.32 Å². The third kappa shape index (κ3) is 6.53. The van der Waals surface area contributed by atoms with E-state index in [4.69, 9.17) is 10.2 Å². The molecule has 0 rings (SSSR count). The van der Waals surface area contributed by atoms with Gasteiger partial charge in [-0.05, 0) is 6.08 Å². The highest BCUT2D eigenvalue weighted by atomic mass is 16.4. The molecule has 0 heterocycles. The Hall–Kier alpha value is -1.36. The van der Waals surface area contributed by atoms with E-state index in [0.29, 0.717) is 0 Å². The van der Waals surface area contributed by atoms with E-state index >= 15 is 0 Å². The number of carbonyl (C=O) groups is 2. The molecule has 0 saturated heterocycles. The molecule has 0 aromatic rings. The van der Waals surface area contributed by atoms with Crippen LogP contribution in [-0.2, 0) is 9.59 Å². The summed E-state index contributed by atoms with van der Waals surface area (Å²) in [4.78, 5) is 20.1. The maximum absolute atomic E-state index is 10.2. The zero-order valence-corrected chi connectivity index (χ0v) is 5.94. The quantitative estimate of drug-likeness (QED) is 0.367. The number of amides is 1. The van der Waals surface area contributed by atoms with Crippen molar-refractivity contribution in [2.24, 2.45) is 0 Å². The SMILES string of the molecule is CC(=O)NC(O)C=CC(=O)O. The van der Waals surface area contributed by atoms with E-state index in [0.717, 1.165) is 12.2 Å². The van der Waals surface area contributed by atoms with Gasteiger partial charge in [-0.25, -0.2) is 4.79 Å². The van der Waals surface area contributed by atoms with Gasteiger partial charge in [0.05, 0.1) is 0 Å². The van der Waals surface area contributed by atoms with Crippen molar-refractivity contribution in [3.8, 4) is 0 Å². The Kier molecular flexibility index (Phi) is 3.90. The van der Waals surface area contributed by atoms with Crippen molar-refractivity contribution in [2.75, 3.05) is 0 Å². The fourth-order valence-electron chi connectivity index (χ4n) is 0.430. The lowest BCUT2D eigenvalue weighted by atomic mass is 10.4. The van der Waals surface area contributed by atoms with Crippen LogP contribution >= 0.6 is 0 Å². The Labute approximate surface area is 63.3 Å². The summed E-state index contributed by atoms with van der Waals surface area (Å²) in [6.07, 6.45) is 0.480. The van der Waals surface area contributed by atoms with Crippen LogP contribution in [0.4, 0.5) is 0 Å². The smallest absolute Gasteiger partial charge is 0.328 e. The lowest BCUT2D eigenvalue weighted by molar-refractivity contribution is -0.131. The number of carbonyl (C=O) groups excluding carboxylic acids is 1. The fraction of sp³-hybridized carbons (Fsp3) is 0.333. The molecule has 0 aliphatic rings. The zero-order chi connectivity index (χ0) is 8.85. The maximum Gasteiger partial charge on any atom is 0.328 e. The zero-order valence-electron chi connectivity index (χ0n) is 5.94. The van der Waals surface area contributed by atoms with Crippen LogP contribution in [0, 0.1) is 0 Å². The molecule has 0 radical (unpaired) electrons. The summed E-state index contributed by atoms with van der Waals surface area (Å²) in [5.41, 5.74) is 0. The largest absolute Gasteiger partial charge is 0.478 e. The minimum Gasteiger partial charge on any atom is -0.478 e. The number of aliphatic hydroxyl groups excluding tert-OH is 1. The van der Waals surface area contributed by atoms with Crippen LogP contribution in [-0.4, -0.2) is 28.3 Å². The highest BCUT2D eigenvalue weighted by Gasteiger charge is 1.99. The number of carboxylic acids is 1. The van der Waals surface area contributed by atoms with Crippen LogP contribution in [0.5, 0.6) is 0 Å². The van der Waals surface area contributed by atoms with Crippen LogP contribution < -0.4 is 5.32 Å². The molecule has 0 saturated carbocycles. The van der Waals surface area contributed by atoms with Gasteiger partial charge in [-0.2, -0.15) is 0 Å². The molecule has 5 heteroatoms. The molecule has 11 heavy (non-hydrogen) atoms. The van der Waals surface area contributed by atoms with Crippen molar-refractivity contribution in [1.82, 2.24) is 5.32 Å². The molecular weight excluding hydrogens is 150 g/mol. The van der Waals surface area contributed by atoms with Gasteiger partial charge in [0.25, 0.3) is 0 Å². The Bertz CT molecular complexity index is 187. The molecule has 1 atom stereocenters. The molecule has 0 aromatic heterocycles. The van der Waals surface area contributed by atoms with E-state index in [1.165, 1.54) is 6.92 Å². The standard InChI is InChI=1S/C6H9NO4/c1-4(8)7-5(9)2-3-6(10)11/h2-3,5,9H,1H3,(H,7,8)(H,10,11). The fourth-order valence-corrected chi connectivity index (χ4v) is 0.430. The average molecular weight is 159 g/mol. The highest BCUT2D eigenvalue weighted by Crippen LogP contribution is 1.80. The van der Waals surface area contributed by atoms with Crippen molar-refractivity contribution in [1.29, 1.82) is 0 Å². The number of aliphatic carboxylic acids is 1. The van der Waals surface area contributed by atoms with E-state index in [-0.39, 0.29) is 0 Å². The minimum atomic E-state index is -1.23. The first kappa shape index (κ1) is 9.64. The molecule has 0 aliphatic heterocycles. The summed E-state index contributed by atoms with van der Waals surface area (Å²) in [6, 6.07) is 0. The number of aliphatic hydroxyl groups is 1. The number of hydrogen-bond donors (Lipinski definition) is 3. The first-order chi connectivity index (χ1) is 5.02. The van der Waals surface area contributed by atoms with Crippen molar-refractivity contribution >= 4 is 11.9 Å². The van der Waals surface area contributed by atoms with E-state index < -0.39 is 18.1 Å². The Balaban J connectivity index is 3.77. The second kappa shape index (κ2) is 4.45. The average Bonchev–Trinajstić information content (AvgIpc) is 1.82. The van der Waals surface area contributed by atoms with Gasteiger partial charge in [-0.1, -0.05) is 0 Å². The predicted octanol–water partition coefficient (Wildman–Crippen LogP) is -0.918. The van der Waals surface area contributed by atoms with Crippen LogP contribution in [0.1, 0.15) is 6.92 Å². The molecule has 0 fully saturated rings. The number of hydrogen-bond acceptors (Lipinski definition) is 3. The van der Waals surface area contributed by atoms with Gasteiger partial charge < -0.3 is 15.5 Å². The topological polar surface area (TPSA) is 86.6 Å². The first-order valence-electron chi connectivity index (χ1n) is 2.88. The Morgan fingerprint density at radius 3 is 2.45 bits per heavy atom. The molecule has 0 spiro atoms. The summed E-state index contributed by atoms with van der Waals surface area (Å²) in [6.45, 7) is 1.22. The summed E-state index contributed by atoms with van der Waals surface area (Å²) >= 11 is 0. The normalized spacial score (nSPS) is 12.9. The van der Waals surface area contributed by atoms with Gasteiger partial charge in [0, 0.05) is 13.0 Å². The third-order valence-corrected chi connectivity index (χ3v) is 0.772. The summed E-state index contributed by atoms with van der Waals surface area (Å²) in [5.74, 6) is -1.60. The highest BCUT2D eigenvalue weighted by molar-refractivity contribution is 5.80. The molecule has 0 bridgehead atoms. The molecule has 0 aromatic carbocycles. The van der Waals surface area contributed by atoms with Gasteiger partial charge in [0.15, 0.2) is 0 Å². The summed E-state index contributed by atoms with van der Waals surface area (Å²) in [7, 11) is 0. The number of nitrogens with one attached hydrogen (secondary N) is 1. The summed E-state index contributed by atoms with van der Waals surface area (Å²) in [5, 5.41) is 18.9. The van der Waals surface area contributed by atoms with Crippen LogP contribution in [0.2, 0.25) is 0 Å². The summed E-state index contributed by atoms with van der Waals surface area (Å²) < 4.78 is 0. The van der Waals surface area contributed by atoms with Crippen LogP contribution in [0.25, 0.3) is 0 Å². The maximum atomic E-state index is 10.2. The molecule has 62 valence electrons. The lowest BCUT2D eigenvalue weighted by Gasteiger charge is -2.03. The van der Waals surface area contributed by atoms with Crippen LogP contribution in [0.15, 0.2) is 12.2 Å². The van der Waals surface area contributed by atoms with Crippen molar-refractivity contribution < 1.29 is 19.8 Å². The minimum absolute atomic E-state index is 0.424. The molecule has 5 nitrogen and oxygen atoms in total. The van der Waals surface area contributed by atoms with E-state index in [1.54, 1.807) is 0 Å². The predicted molar refractivity (Wildman–Crippen MR) is 36.6 cm³/mol. The number of carboxylic acid groups (broad SMARTS) is 1. The van der Waals surface area contributed by atoms with Gasteiger partial charge in [-0.15, -0.1) is 0 Å². The monoisotopic (exact) mass is 159 g/mol. The molecular formula is C6H9NO4. The van der Waals surface area contributed by atoms with E-state index in [1.807, 2.05) is 0 Å². The number of rotatable bonds is 3.